The van der Waals surface area contributed by atoms with Crippen molar-refractivity contribution in [2.24, 2.45) is 0 Å². The van der Waals surface area contributed by atoms with Crippen molar-refractivity contribution in [3.63, 3.8) is 0 Å². The SMILES string of the molecule is OC(c1[c-]cccc1)c1ccccc1.[Y]. The normalized spacial score (nSPS) is 11.5. The summed E-state index contributed by atoms with van der Waals surface area (Å²) in [6.45, 7) is 0. The fourth-order valence-electron chi connectivity index (χ4n) is 1.39. The van der Waals surface area contributed by atoms with Gasteiger partial charge in [0.2, 0.25) is 0 Å². The second-order valence-corrected chi connectivity index (χ2v) is 3.13. The third-order valence-corrected chi connectivity index (χ3v) is 2.14. The summed E-state index contributed by atoms with van der Waals surface area (Å²) in [6.07, 6.45) is -0.572. The van der Waals surface area contributed by atoms with Crippen molar-refractivity contribution in [1.82, 2.24) is 0 Å². The van der Waals surface area contributed by atoms with Crippen LogP contribution in [0.5, 0.6) is 0 Å². The number of aliphatic hydroxyl groups excluding tert-OH is 1. The van der Waals surface area contributed by atoms with Crippen LogP contribution in [0.25, 0.3) is 0 Å². The second-order valence-electron chi connectivity index (χ2n) is 3.13. The molecule has 15 heavy (non-hydrogen) atoms. The fraction of sp³-hybridized carbons (Fsp3) is 0.0769. The Balaban J connectivity index is 0.00000112. The van der Waals surface area contributed by atoms with Gasteiger partial charge in [-0.1, -0.05) is 30.3 Å². The van der Waals surface area contributed by atoms with Crippen molar-refractivity contribution >= 4 is 0 Å². The molecular weight excluding hydrogens is 261 g/mol. The van der Waals surface area contributed by atoms with E-state index in [-0.39, 0.29) is 32.7 Å². The van der Waals surface area contributed by atoms with Gasteiger partial charge in [0, 0.05) is 32.7 Å². The first-order valence-corrected chi connectivity index (χ1v) is 4.57. The Bertz CT molecular complexity index is 346. The zero-order valence-electron chi connectivity index (χ0n) is 8.30. The van der Waals surface area contributed by atoms with Gasteiger partial charge in [-0.2, -0.15) is 30.3 Å². The number of benzene rings is 2. The summed E-state index contributed by atoms with van der Waals surface area (Å²) in [5.74, 6) is 0. The van der Waals surface area contributed by atoms with Crippen molar-refractivity contribution in [2.75, 3.05) is 0 Å². The van der Waals surface area contributed by atoms with Gasteiger partial charge in [-0.05, 0) is 5.56 Å². The standard InChI is InChI=1S/C13H11O.Y/c14-13(11-7-3-1-4-8-11)12-9-5-2-6-10-12;/h1-9,13-14H;/q-1;. The van der Waals surface area contributed by atoms with Crippen LogP contribution in [0.15, 0.2) is 54.6 Å². The Morgan fingerprint density at radius 1 is 0.933 bits per heavy atom. The third-order valence-electron chi connectivity index (χ3n) is 2.14. The molecule has 73 valence electrons. The van der Waals surface area contributed by atoms with E-state index in [4.69, 9.17) is 0 Å². The molecule has 1 unspecified atom stereocenters. The van der Waals surface area contributed by atoms with E-state index < -0.39 is 6.10 Å². The summed E-state index contributed by atoms with van der Waals surface area (Å²) < 4.78 is 0. The van der Waals surface area contributed by atoms with E-state index >= 15 is 0 Å². The molecule has 2 heteroatoms. The van der Waals surface area contributed by atoms with Gasteiger partial charge in [0.05, 0.1) is 6.10 Å². The zero-order chi connectivity index (χ0) is 9.80. The molecule has 0 amide bonds. The average molecular weight is 272 g/mol. The molecule has 0 aromatic heterocycles. The molecule has 0 bridgehead atoms. The van der Waals surface area contributed by atoms with Crippen LogP contribution in [-0.4, -0.2) is 5.11 Å². The minimum atomic E-state index is -0.572. The van der Waals surface area contributed by atoms with Crippen LogP contribution in [-0.2, 0) is 32.7 Å². The molecule has 1 nitrogen and oxygen atoms in total. The first-order chi connectivity index (χ1) is 6.88. The summed E-state index contributed by atoms with van der Waals surface area (Å²) in [5.41, 5.74) is 1.70. The van der Waals surface area contributed by atoms with Gasteiger partial charge < -0.3 is 5.11 Å². The molecule has 0 spiro atoms. The summed E-state index contributed by atoms with van der Waals surface area (Å²) in [7, 11) is 0. The molecule has 0 saturated heterocycles. The van der Waals surface area contributed by atoms with E-state index in [1.165, 1.54) is 0 Å². The van der Waals surface area contributed by atoms with E-state index in [1.54, 1.807) is 0 Å². The van der Waals surface area contributed by atoms with Crippen LogP contribution >= 0.6 is 0 Å². The maximum Gasteiger partial charge on any atom is 0.0817 e. The molecule has 0 saturated carbocycles. The maximum absolute atomic E-state index is 9.96. The second kappa shape index (κ2) is 6.17. The van der Waals surface area contributed by atoms with Gasteiger partial charge in [0.15, 0.2) is 0 Å². The van der Waals surface area contributed by atoms with Crippen LogP contribution in [0.4, 0.5) is 0 Å². The molecule has 0 aliphatic carbocycles. The maximum atomic E-state index is 9.96. The van der Waals surface area contributed by atoms with Crippen molar-refractivity contribution < 1.29 is 37.8 Å². The van der Waals surface area contributed by atoms with Crippen LogP contribution in [0, 0.1) is 6.07 Å². The van der Waals surface area contributed by atoms with Gasteiger partial charge in [-0.3, -0.25) is 0 Å². The Labute approximate surface area is 115 Å². The summed E-state index contributed by atoms with van der Waals surface area (Å²) in [6, 6.07) is 20.1. The average Bonchev–Trinajstić information content (AvgIpc) is 2.30. The van der Waals surface area contributed by atoms with E-state index in [9.17, 15) is 5.11 Å². The van der Waals surface area contributed by atoms with Crippen LogP contribution in [0.2, 0.25) is 0 Å². The van der Waals surface area contributed by atoms with Crippen LogP contribution < -0.4 is 0 Å². The molecule has 0 heterocycles. The van der Waals surface area contributed by atoms with Crippen molar-refractivity contribution in [3.8, 4) is 0 Å². The monoisotopic (exact) mass is 272 g/mol. The first-order valence-electron chi connectivity index (χ1n) is 4.57. The zero-order valence-corrected chi connectivity index (χ0v) is 11.1. The van der Waals surface area contributed by atoms with Gasteiger partial charge in [0.1, 0.15) is 0 Å². The van der Waals surface area contributed by atoms with Gasteiger partial charge in [-0.15, -0.1) is 5.56 Å². The smallest absolute Gasteiger partial charge is 0.0817 e. The van der Waals surface area contributed by atoms with Crippen molar-refractivity contribution in [2.45, 2.75) is 6.10 Å². The quantitative estimate of drug-likeness (QED) is 0.833. The minimum Gasteiger partial charge on any atom is -0.386 e. The molecule has 2 aromatic carbocycles. The number of aliphatic hydroxyl groups is 1. The Hall–Kier alpha value is -0.496. The van der Waals surface area contributed by atoms with Crippen molar-refractivity contribution in [1.29, 1.82) is 0 Å². The summed E-state index contributed by atoms with van der Waals surface area (Å²) in [4.78, 5) is 0. The van der Waals surface area contributed by atoms with Crippen LogP contribution in [0.1, 0.15) is 17.2 Å². The van der Waals surface area contributed by atoms with Gasteiger partial charge in [0.25, 0.3) is 0 Å². The molecule has 1 radical (unpaired) electrons. The predicted molar refractivity (Wildman–Crippen MR) is 55.8 cm³/mol. The molecule has 1 N–H and O–H groups in total. The van der Waals surface area contributed by atoms with Crippen LogP contribution in [0.3, 0.4) is 0 Å². The molecule has 0 fully saturated rings. The van der Waals surface area contributed by atoms with E-state index in [2.05, 4.69) is 6.07 Å². The van der Waals surface area contributed by atoms with Crippen molar-refractivity contribution in [3.05, 3.63) is 71.8 Å². The molecule has 1 atom stereocenters. The first kappa shape index (κ1) is 12.6. The molecule has 2 aromatic rings. The summed E-state index contributed by atoms with van der Waals surface area (Å²) >= 11 is 0. The largest absolute Gasteiger partial charge is 0.386 e. The van der Waals surface area contributed by atoms with E-state index in [1.807, 2.05) is 54.6 Å². The molecule has 0 aliphatic heterocycles. The molecule has 2 rings (SSSR count). The third kappa shape index (κ3) is 3.23. The Kier molecular flexibility index (Phi) is 5.17. The fourth-order valence-corrected chi connectivity index (χ4v) is 1.39. The number of rotatable bonds is 2. The summed E-state index contributed by atoms with van der Waals surface area (Å²) in [5, 5.41) is 9.96. The predicted octanol–water partition coefficient (Wildman–Crippen LogP) is 2.57. The van der Waals surface area contributed by atoms with E-state index in [0.29, 0.717) is 0 Å². The topological polar surface area (TPSA) is 20.2 Å². The van der Waals surface area contributed by atoms with Gasteiger partial charge >= 0.3 is 0 Å². The number of hydrogen-bond acceptors (Lipinski definition) is 1. The number of hydrogen-bond donors (Lipinski definition) is 1. The Morgan fingerprint density at radius 3 is 2.20 bits per heavy atom. The molecule has 0 aliphatic rings. The minimum absolute atomic E-state index is 0. The Morgan fingerprint density at radius 2 is 1.60 bits per heavy atom. The van der Waals surface area contributed by atoms with E-state index in [0.717, 1.165) is 11.1 Å². The molecular formula is C13H11OY-. The van der Waals surface area contributed by atoms with Gasteiger partial charge in [-0.25, -0.2) is 0 Å².